The molecular formula is C31H36Cl3N3O7S. The summed E-state index contributed by atoms with van der Waals surface area (Å²) in [5, 5.41) is 3.76. The van der Waals surface area contributed by atoms with Gasteiger partial charge in [0.1, 0.15) is 18.3 Å². The van der Waals surface area contributed by atoms with Gasteiger partial charge in [0.2, 0.25) is 11.8 Å². The van der Waals surface area contributed by atoms with Crippen molar-refractivity contribution in [2.75, 3.05) is 32.2 Å². The number of anilines is 1. The number of hydrogen-bond donors (Lipinski definition) is 1. The molecule has 0 spiro atoms. The lowest BCUT2D eigenvalue weighted by Crippen LogP contribution is -2.52. The highest BCUT2D eigenvalue weighted by Crippen LogP contribution is 2.37. The molecule has 0 aliphatic rings. The minimum atomic E-state index is -4.48. The Morgan fingerprint density at radius 1 is 0.844 bits per heavy atom. The smallest absolute Gasteiger partial charge is 0.265 e. The van der Waals surface area contributed by atoms with Gasteiger partial charge < -0.3 is 24.4 Å². The summed E-state index contributed by atoms with van der Waals surface area (Å²) in [7, 11) is -0.310. The first kappa shape index (κ1) is 36.1. The number of benzene rings is 3. The van der Waals surface area contributed by atoms with E-state index in [0.717, 1.165) is 4.31 Å². The number of ether oxygens (including phenoxy) is 3. The summed E-state index contributed by atoms with van der Waals surface area (Å²) in [6.07, 6.45) is 0.668. The molecule has 0 unspecified atom stereocenters. The van der Waals surface area contributed by atoms with Crippen LogP contribution in [0.2, 0.25) is 15.1 Å². The van der Waals surface area contributed by atoms with Crippen LogP contribution in [0.5, 0.6) is 17.2 Å². The molecule has 0 aliphatic heterocycles. The minimum absolute atomic E-state index is 0.00863. The number of nitrogens with zero attached hydrogens (tertiary/aromatic N) is 2. The van der Waals surface area contributed by atoms with E-state index in [4.69, 9.17) is 49.0 Å². The van der Waals surface area contributed by atoms with Crippen molar-refractivity contribution in [1.29, 1.82) is 0 Å². The van der Waals surface area contributed by atoms with Gasteiger partial charge in [0.05, 0.1) is 31.9 Å². The molecule has 3 aromatic carbocycles. The molecule has 0 saturated carbocycles. The van der Waals surface area contributed by atoms with Crippen LogP contribution in [0.4, 0.5) is 5.69 Å². The molecule has 0 aromatic heterocycles. The van der Waals surface area contributed by atoms with Gasteiger partial charge in [-0.15, -0.1) is 0 Å². The maximum atomic E-state index is 14.3. The molecule has 0 radical (unpaired) electrons. The molecule has 14 heteroatoms. The number of carbonyl (C=O) groups excluding carboxylic acids is 2. The molecule has 0 saturated heterocycles. The number of halogens is 3. The SMILES string of the molecule is CC[C@@H](C)NC(=O)[C@H](C)N(Cc1ccc(Cl)cc1Cl)C(=O)CN(c1cc(Cl)ccc1OC)S(=O)(=O)c1ccc(OC)c(OC)c1. The lowest BCUT2D eigenvalue weighted by molar-refractivity contribution is -0.139. The standard InChI is InChI=1S/C31H36Cl3N3O7S/c1-7-19(2)35-31(39)20(3)36(17-21-8-9-22(32)14-25(21)34)30(38)18-37(26-15-23(33)10-12-27(26)42-4)45(40,41)24-11-13-28(43-5)29(16-24)44-6/h8-16,19-20H,7,17-18H2,1-6H3,(H,35,39)/t19-,20+/m1/s1. The van der Waals surface area contributed by atoms with Gasteiger partial charge in [0, 0.05) is 33.7 Å². The van der Waals surface area contributed by atoms with Crippen molar-refractivity contribution in [3.63, 3.8) is 0 Å². The number of carbonyl (C=O) groups is 2. The lowest BCUT2D eigenvalue weighted by Gasteiger charge is -2.33. The fraction of sp³-hybridized carbons (Fsp3) is 0.355. The van der Waals surface area contributed by atoms with Crippen molar-refractivity contribution in [2.45, 2.75) is 50.7 Å². The zero-order valence-corrected chi connectivity index (χ0v) is 28.9. The molecule has 1 N–H and O–H groups in total. The highest BCUT2D eigenvalue weighted by atomic mass is 35.5. The van der Waals surface area contributed by atoms with Crippen LogP contribution in [0, 0.1) is 0 Å². The molecule has 3 aromatic rings. The topological polar surface area (TPSA) is 114 Å². The summed E-state index contributed by atoms with van der Waals surface area (Å²) in [5.74, 6) is -0.494. The van der Waals surface area contributed by atoms with Gasteiger partial charge in [-0.05, 0) is 68.3 Å². The van der Waals surface area contributed by atoms with Crippen molar-refractivity contribution in [1.82, 2.24) is 10.2 Å². The van der Waals surface area contributed by atoms with Crippen molar-refractivity contribution < 1.29 is 32.2 Å². The molecular weight excluding hydrogens is 665 g/mol. The largest absolute Gasteiger partial charge is 0.495 e. The van der Waals surface area contributed by atoms with E-state index < -0.39 is 34.4 Å². The van der Waals surface area contributed by atoms with Gasteiger partial charge in [-0.1, -0.05) is 47.8 Å². The summed E-state index contributed by atoms with van der Waals surface area (Å²) in [4.78, 5) is 28.6. The maximum absolute atomic E-state index is 14.3. The van der Waals surface area contributed by atoms with E-state index in [1.165, 1.54) is 68.7 Å². The van der Waals surface area contributed by atoms with Gasteiger partial charge in [0.15, 0.2) is 11.5 Å². The first-order valence-corrected chi connectivity index (χ1v) is 16.5. The average molecular weight is 701 g/mol. The van der Waals surface area contributed by atoms with Crippen molar-refractivity contribution in [3.05, 3.63) is 75.2 Å². The number of methoxy groups -OCH3 is 3. The van der Waals surface area contributed by atoms with Gasteiger partial charge in [-0.25, -0.2) is 8.42 Å². The van der Waals surface area contributed by atoms with E-state index >= 15 is 0 Å². The Morgan fingerprint density at radius 3 is 2.04 bits per heavy atom. The Kier molecular flexibility index (Phi) is 12.6. The Bertz CT molecular complexity index is 1640. The Balaban J connectivity index is 2.16. The Hall–Kier alpha value is -3.38. The van der Waals surface area contributed by atoms with Gasteiger partial charge in [-0.3, -0.25) is 13.9 Å². The molecule has 2 amide bonds. The van der Waals surface area contributed by atoms with E-state index in [1.54, 1.807) is 19.1 Å². The molecule has 0 heterocycles. The van der Waals surface area contributed by atoms with E-state index in [2.05, 4.69) is 5.32 Å². The zero-order valence-electron chi connectivity index (χ0n) is 25.8. The number of nitrogens with one attached hydrogen (secondary N) is 1. The summed E-state index contributed by atoms with van der Waals surface area (Å²) in [6, 6.07) is 12.1. The summed E-state index contributed by atoms with van der Waals surface area (Å²) in [6.45, 7) is 4.49. The van der Waals surface area contributed by atoms with E-state index in [0.29, 0.717) is 22.8 Å². The van der Waals surface area contributed by atoms with Crippen molar-refractivity contribution in [2.24, 2.45) is 0 Å². The minimum Gasteiger partial charge on any atom is -0.495 e. The average Bonchev–Trinajstić information content (AvgIpc) is 3.02. The van der Waals surface area contributed by atoms with Crippen LogP contribution in [-0.4, -0.2) is 65.1 Å². The third-order valence-electron chi connectivity index (χ3n) is 7.16. The van der Waals surface area contributed by atoms with Crippen LogP contribution < -0.4 is 23.8 Å². The van der Waals surface area contributed by atoms with Gasteiger partial charge in [-0.2, -0.15) is 0 Å². The molecule has 45 heavy (non-hydrogen) atoms. The number of hydrogen-bond acceptors (Lipinski definition) is 7. The quantitative estimate of drug-likeness (QED) is 0.213. The summed E-state index contributed by atoms with van der Waals surface area (Å²) in [5.41, 5.74) is 0.515. The molecule has 3 rings (SSSR count). The first-order chi connectivity index (χ1) is 21.3. The Labute approximate surface area is 279 Å². The molecule has 0 fully saturated rings. The predicted molar refractivity (Wildman–Crippen MR) is 176 cm³/mol. The van der Waals surface area contributed by atoms with Crippen LogP contribution in [0.3, 0.4) is 0 Å². The third-order valence-corrected chi connectivity index (χ3v) is 9.73. The zero-order chi connectivity index (χ0) is 33.5. The first-order valence-electron chi connectivity index (χ1n) is 13.9. The molecule has 0 bridgehead atoms. The fourth-order valence-electron chi connectivity index (χ4n) is 4.36. The van der Waals surface area contributed by atoms with Crippen LogP contribution in [0.15, 0.2) is 59.5 Å². The second-order valence-corrected chi connectivity index (χ2v) is 13.2. The fourth-order valence-corrected chi connectivity index (χ4v) is 6.42. The predicted octanol–water partition coefficient (Wildman–Crippen LogP) is 6.20. The number of rotatable bonds is 14. The molecule has 2 atom stereocenters. The highest BCUT2D eigenvalue weighted by molar-refractivity contribution is 7.92. The van der Waals surface area contributed by atoms with Crippen molar-refractivity contribution >= 4 is 62.3 Å². The summed E-state index contributed by atoms with van der Waals surface area (Å²) >= 11 is 18.8. The van der Waals surface area contributed by atoms with E-state index in [9.17, 15) is 18.0 Å². The molecule has 0 aliphatic carbocycles. The van der Waals surface area contributed by atoms with Crippen LogP contribution in [-0.2, 0) is 26.2 Å². The summed E-state index contributed by atoms with van der Waals surface area (Å²) < 4.78 is 45.6. The van der Waals surface area contributed by atoms with Crippen molar-refractivity contribution in [3.8, 4) is 17.2 Å². The second-order valence-electron chi connectivity index (χ2n) is 10.1. The lowest BCUT2D eigenvalue weighted by atomic mass is 10.1. The molecule has 244 valence electrons. The Morgan fingerprint density at radius 2 is 1.44 bits per heavy atom. The maximum Gasteiger partial charge on any atom is 0.265 e. The number of sulfonamides is 1. The van der Waals surface area contributed by atoms with E-state index in [1.807, 2.05) is 13.8 Å². The molecule has 10 nitrogen and oxygen atoms in total. The number of amides is 2. The van der Waals surface area contributed by atoms with Crippen LogP contribution >= 0.6 is 34.8 Å². The normalized spacial score (nSPS) is 12.6. The third kappa shape index (κ3) is 8.66. The van der Waals surface area contributed by atoms with Crippen LogP contribution in [0.25, 0.3) is 0 Å². The van der Waals surface area contributed by atoms with Gasteiger partial charge in [0.25, 0.3) is 10.0 Å². The monoisotopic (exact) mass is 699 g/mol. The second kappa shape index (κ2) is 15.8. The van der Waals surface area contributed by atoms with E-state index in [-0.39, 0.29) is 44.7 Å². The highest BCUT2D eigenvalue weighted by Gasteiger charge is 2.35. The van der Waals surface area contributed by atoms with Gasteiger partial charge >= 0.3 is 0 Å². The van der Waals surface area contributed by atoms with Crippen LogP contribution in [0.1, 0.15) is 32.8 Å².